The number of nitrogens with one attached hydrogen (secondary N) is 2. The summed E-state index contributed by atoms with van der Waals surface area (Å²) in [6, 6.07) is 12.7. The Morgan fingerprint density at radius 2 is 1.91 bits per heavy atom. The van der Waals surface area contributed by atoms with Crippen molar-refractivity contribution in [3.63, 3.8) is 0 Å². The summed E-state index contributed by atoms with van der Waals surface area (Å²) in [6.45, 7) is 4.71. The number of hydrogen-bond acceptors (Lipinski definition) is 5. The van der Waals surface area contributed by atoms with E-state index in [1.165, 1.54) is 4.57 Å². The smallest absolute Gasteiger partial charge is 0.342 e. The van der Waals surface area contributed by atoms with Crippen molar-refractivity contribution in [3.8, 4) is 0 Å². The standard InChI is InChI=1S/C25H30N6O3/c1-16(2)18-11-12-19(26-15-18)23(17-8-5-4-6-9-17)27-24(33)20-10-7-13-31(20)22(32)14-21-28-29-25(34)30(21)3/h4-6,8-9,11-12,15-16,20,23H,7,10,13-14H2,1-3H3,(H,27,33)(H,29,34)/t20-,23-/m0/s1. The van der Waals surface area contributed by atoms with Crippen LogP contribution in [0.25, 0.3) is 0 Å². The van der Waals surface area contributed by atoms with E-state index in [9.17, 15) is 14.4 Å². The zero-order valence-electron chi connectivity index (χ0n) is 19.7. The minimum atomic E-state index is -0.579. The Balaban J connectivity index is 1.54. The van der Waals surface area contributed by atoms with E-state index in [-0.39, 0.29) is 23.9 Å². The van der Waals surface area contributed by atoms with E-state index in [0.717, 1.165) is 23.2 Å². The van der Waals surface area contributed by atoms with Gasteiger partial charge in [-0.1, -0.05) is 50.2 Å². The summed E-state index contributed by atoms with van der Waals surface area (Å²) in [7, 11) is 1.56. The molecule has 34 heavy (non-hydrogen) atoms. The molecule has 9 nitrogen and oxygen atoms in total. The van der Waals surface area contributed by atoms with Gasteiger partial charge in [-0.25, -0.2) is 9.89 Å². The predicted molar refractivity (Wildman–Crippen MR) is 127 cm³/mol. The fraction of sp³-hybridized carbons (Fsp3) is 0.400. The van der Waals surface area contributed by atoms with Crippen LogP contribution in [0.4, 0.5) is 0 Å². The monoisotopic (exact) mass is 462 g/mol. The van der Waals surface area contributed by atoms with Crippen molar-refractivity contribution in [2.24, 2.45) is 7.05 Å². The van der Waals surface area contributed by atoms with Crippen LogP contribution in [-0.2, 0) is 23.1 Å². The molecule has 0 spiro atoms. The molecule has 0 bridgehead atoms. The third-order valence-corrected chi connectivity index (χ3v) is 6.35. The van der Waals surface area contributed by atoms with E-state index in [1.54, 1.807) is 11.9 Å². The molecule has 2 atom stereocenters. The van der Waals surface area contributed by atoms with Crippen LogP contribution in [-0.4, -0.2) is 49.0 Å². The van der Waals surface area contributed by atoms with Gasteiger partial charge in [-0.15, -0.1) is 0 Å². The second kappa shape index (κ2) is 10.0. The fourth-order valence-electron chi connectivity index (χ4n) is 4.25. The number of carbonyl (C=O) groups excluding carboxylic acids is 2. The molecule has 1 saturated heterocycles. The van der Waals surface area contributed by atoms with Gasteiger partial charge in [-0.05, 0) is 36.0 Å². The van der Waals surface area contributed by atoms with Crippen molar-refractivity contribution in [1.29, 1.82) is 0 Å². The second-order valence-electron chi connectivity index (χ2n) is 8.95. The molecule has 4 rings (SSSR count). The van der Waals surface area contributed by atoms with Crippen LogP contribution in [0.2, 0.25) is 0 Å². The first kappa shape index (κ1) is 23.4. The van der Waals surface area contributed by atoms with Gasteiger partial charge in [0.1, 0.15) is 11.9 Å². The molecule has 1 aliphatic rings. The lowest BCUT2D eigenvalue weighted by molar-refractivity contribution is -0.138. The number of rotatable bonds is 7. The van der Waals surface area contributed by atoms with E-state index >= 15 is 0 Å². The van der Waals surface area contributed by atoms with Gasteiger partial charge in [0.2, 0.25) is 11.8 Å². The second-order valence-corrected chi connectivity index (χ2v) is 8.95. The van der Waals surface area contributed by atoms with Crippen molar-refractivity contribution >= 4 is 11.8 Å². The highest BCUT2D eigenvalue weighted by Gasteiger charge is 2.35. The number of hydrogen-bond donors (Lipinski definition) is 2. The first-order chi connectivity index (χ1) is 16.3. The summed E-state index contributed by atoms with van der Waals surface area (Å²) in [5.74, 6) is 0.261. The number of H-pyrrole nitrogens is 1. The lowest BCUT2D eigenvalue weighted by Gasteiger charge is -2.27. The normalized spacial score (nSPS) is 16.6. The maximum atomic E-state index is 13.4. The largest absolute Gasteiger partial charge is 0.343 e. The fourth-order valence-corrected chi connectivity index (χ4v) is 4.25. The summed E-state index contributed by atoms with van der Waals surface area (Å²) in [4.78, 5) is 44.2. The van der Waals surface area contributed by atoms with Gasteiger partial charge >= 0.3 is 5.69 Å². The van der Waals surface area contributed by atoms with Gasteiger partial charge in [0.05, 0.1) is 18.2 Å². The van der Waals surface area contributed by atoms with E-state index in [2.05, 4.69) is 34.3 Å². The Kier molecular flexibility index (Phi) is 6.90. The maximum absolute atomic E-state index is 13.4. The number of carbonyl (C=O) groups is 2. The summed E-state index contributed by atoms with van der Waals surface area (Å²) in [5, 5.41) is 9.39. The van der Waals surface area contributed by atoms with Gasteiger partial charge in [0.25, 0.3) is 0 Å². The SMILES string of the molecule is CC(C)c1ccc([C@@H](NC(=O)[C@@H]2CCCN2C(=O)Cc2n[nH]c(=O)n2C)c2ccccc2)nc1. The van der Waals surface area contributed by atoms with Crippen molar-refractivity contribution in [3.05, 3.63) is 81.8 Å². The number of pyridine rings is 1. The number of aromatic amines is 1. The molecule has 0 saturated carbocycles. The lowest BCUT2D eigenvalue weighted by Crippen LogP contribution is -2.47. The number of aromatic nitrogens is 4. The predicted octanol–water partition coefficient (Wildman–Crippen LogP) is 2.07. The molecule has 3 aromatic rings. The summed E-state index contributed by atoms with van der Waals surface area (Å²) < 4.78 is 1.31. The van der Waals surface area contributed by atoms with Crippen molar-refractivity contribution < 1.29 is 9.59 Å². The average molecular weight is 463 g/mol. The minimum absolute atomic E-state index is 0.0423. The number of amides is 2. The van der Waals surface area contributed by atoms with Crippen LogP contribution in [0.1, 0.15) is 61.3 Å². The Hall–Kier alpha value is -3.75. The van der Waals surface area contributed by atoms with Crippen molar-refractivity contribution in [1.82, 2.24) is 30.0 Å². The maximum Gasteiger partial charge on any atom is 0.343 e. The number of benzene rings is 1. The molecule has 0 radical (unpaired) electrons. The molecule has 3 heterocycles. The van der Waals surface area contributed by atoms with Crippen LogP contribution in [0, 0.1) is 0 Å². The Bertz CT molecular complexity index is 1200. The van der Waals surface area contributed by atoms with Crippen LogP contribution in [0.5, 0.6) is 0 Å². The molecule has 9 heteroatoms. The average Bonchev–Trinajstić information content (AvgIpc) is 3.46. The van der Waals surface area contributed by atoms with Gasteiger partial charge in [-0.2, -0.15) is 5.10 Å². The van der Waals surface area contributed by atoms with Crippen LogP contribution < -0.4 is 11.0 Å². The molecule has 1 aliphatic heterocycles. The first-order valence-corrected chi connectivity index (χ1v) is 11.6. The quantitative estimate of drug-likeness (QED) is 0.558. The molecule has 0 aliphatic carbocycles. The molecule has 178 valence electrons. The minimum Gasteiger partial charge on any atom is -0.342 e. The molecule has 1 fully saturated rings. The van der Waals surface area contributed by atoms with E-state index in [1.807, 2.05) is 48.7 Å². The molecule has 0 unspecified atom stereocenters. The van der Waals surface area contributed by atoms with Crippen LogP contribution >= 0.6 is 0 Å². The number of nitrogens with zero attached hydrogens (tertiary/aromatic N) is 4. The van der Waals surface area contributed by atoms with Crippen LogP contribution in [0.15, 0.2) is 53.5 Å². The highest BCUT2D eigenvalue weighted by Crippen LogP contribution is 2.25. The summed E-state index contributed by atoms with van der Waals surface area (Å²) in [5.41, 5.74) is 2.41. The Labute approximate surface area is 198 Å². The molecule has 1 aromatic carbocycles. The Morgan fingerprint density at radius 1 is 1.15 bits per heavy atom. The zero-order valence-corrected chi connectivity index (χ0v) is 19.7. The third-order valence-electron chi connectivity index (χ3n) is 6.35. The van der Waals surface area contributed by atoms with E-state index in [4.69, 9.17) is 0 Å². The lowest BCUT2D eigenvalue weighted by atomic mass is 10.00. The molecular formula is C25H30N6O3. The summed E-state index contributed by atoms with van der Waals surface area (Å²) >= 11 is 0. The first-order valence-electron chi connectivity index (χ1n) is 11.6. The highest BCUT2D eigenvalue weighted by atomic mass is 16.2. The zero-order chi connectivity index (χ0) is 24.2. The Morgan fingerprint density at radius 3 is 2.53 bits per heavy atom. The molecule has 2 N–H and O–H groups in total. The molecule has 2 aromatic heterocycles. The molecule has 2 amide bonds. The van der Waals surface area contributed by atoms with Gasteiger partial charge in [0, 0.05) is 19.8 Å². The third kappa shape index (κ3) is 4.93. The van der Waals surface area contributed by atoms with Crippen molar-refractivity contribution in [2.75, 3.05) is 6.54 Å². The van der Waals surface area contributed by atoms with Gasteiger partial charge < -0.3 is 10.2 Å². The van der Waals surface area contributed by atoms with Gasteiger partial charge in [-0.3, -0.25) is 19.1 Å². The van der Waals surface area contributed by atoms with E-state index in [0.29, 0.717) is 24.7 Å². The number of likely N-dealkylation sites (tertiary alicyclic amines) is 1. The topological polar surface area (TPSA) is 113 Å². The van der Waals surface area contributed by atoms with Crippen LogP contribution in [0.3, 0.4) is 0 Å². The van der Waals surface area contributed by atoms with Gasteiger partial charge in [0.15, 0.2) is 0 Å². The summed E-state index contributed by atoms with van der Waals surface area (Å²) in [6.07, 6.45) is 3.12. The molecular weight excluding hydrogens is 432 g/mol. The van der Waals surface area contributed by atoms with Crippen molar-refractivity contribution in [2.45, 2.75) is 51.1 Å². The van der Waals surface area contributed by atoms with E-state index < -0.39 is 12.1 Å². The highest BCUT2D eigenvalue weighted by molar-refractivity contribution is 5.89.